The van der Waals surface area contributed by atoms with Crippen LogP contribution in [0.4, 0.5) is 0 Å². The lowest BCUT2D eigenvalue weighted by Gasteiger charge is -2.38. The number of esters is 1. The van der Waals surface area contributed by atoms with Gasteiger partial charge < -0.3 is 18.7 Å². The van der Waals surface area contributed by atoms with Gasteiger partial charge in [0.25, 0.3) is 0 Å². The van der Waals surface area contributed by atoms with Crippen LogP contribution in [0.3, 0.4) is 0 Å². The average Bonchev–Trinajstić information content (AvgIpc) is 2.61. The second-order valence-electron chi connectivity index (χ2n) is 11.8. The number of ether oxygens (including phenoxy) is 1. The molecule has 0 aromatic rings. The summed E-state index contributed by atoms with van der Waals surface area (Å²) in [5.41, 5.74) is 1.42. The molecule has 0 aromatic heterocycles. The zero-order valence-electron chi connectivity index (χ0n) is 21.8. The van der Waals surface area contributed by atoms with Gasteiger partial charge in [0.15, 0.2) is 16.6 Å². The smallest absolute Gasteiger partial charge is 0.337 e. The monoisotopic (exact) mass is 470 g/mol. The molecular weight excluding hydrogens is 424 g/mol. The van der Waals surface area contributed by atoms with Crippen LogP contribution in [-0.2, 0) is 18.4 Å². The van der Waals surface area contributed by atoms with E-state index >= 15 is 0 Å². The number of carbonyl (C=O) groups is 1. The first-order valence-electron chi connectivity index (χ1n) is 11.4. The molecule has 31 heavy (non-hydrogen) atoms. The van der Waals surface area contributed by atoms with Crippen LogP contribution in [0.1, 0.15) is 60.8 Å². The third kappa shape index (κ3) is 7.58. The van der Waals surface area contributed by atoms with E-state index in [4.69, 9.17) is 13.6 Å². The van der Waals surface area contributed by atoms with Gasteiger partial charge in [-0.05, 0) is 54.7 Å². The summed E-state index contributed by atoms with van der Waals surface area (Å²) in [5.74, 6) is -0.481. The maximum atomic E-state index is 12.3. The van der Waals surface area contributed by atoms with Crippen LogP contribution in [0.25, 0.3) is 0 Å². The molecule has 180 valence electrons. The van der Waals surface area contributed by atoms with Gasteiger partial charge in [0.05, 0.1) is 25.9 Å². The number of rotatable bonds is 8. The lowest BCUT2D eigenvalue weighted by Crippen LogP contribution is -2.43. The van der Waals surface area contributed by atoms with Crippen LogP contribution in [0.5, 0.6) is 0 Å². The highest BCUT2D eigenvalue weighted by atomic mass is 28.4. The van der Waals surface area contributed by atoms with E-state index < -0.39 is 22.6 Å². The number of methoxy groups -OCH3 is 1. The van der Waals surface area contributed by atoms with Crippen LogP contribution in [-0.4, -0.2) is 48.0 Å². The Balaban J connectivity index is 3.22. The highest BCUT2D eigenvalue weighted by Gasteiger charge is 2.39. The van der Waals surface area contributed by atoms with Crippen LogP contribution in [0.15, 0.2) is 23.0 Å². The predicted molar refractivity (Wildman–Crippen MR) is 133 cm³/mol. The van der Waals surface area contributed by atoms with Crippen molar-refractivity contribution in [3.8, 4) is 0 Å². The molecule has 1 rings (SSSR count). The molecular formula is C24H46O5Si2. The van der Waals surface area contributed by atoms with Gasteiger partial charge in [-0.3, -0.25) is 0 Å². The van der Waals surface area contributed by atoms with Gasteiger partial charge in [-0.25, -0.2) is 4.79 Å². The zero-order chi connectivity index (χ0) is 24.3. The molecule has 1 unspecified atom stereocenters. The summed E-state index contributed by atoms with van der Waals surface area (Å²) in [6, 6.07) is 0. The zero-order valence-corrected chi connectivity index (χ0v) is 23.8. The molecule has 0 fully saturated rings. The Morgan fingerprint density at radius 1 is 1.00 bits per heavy atom. The molecule has 0 amide bonds. The molecule has 7 heteroatoms. The quantitative estimate of drug-likeness (QED) is 0.242. The third-order valence-corrected chi connectivity index (χ3v) is 16.3. The Bertz CT molecular complexity index is 662. The topological polar surface area (TPSA) is 65.0 Å². The molecule has 0 aliphatic heterocycles. The van der Waals surface area contributed by atoms with E-state index in [1.807, 2.05) is 0 Å². The Kier molecular flexibility index (Phi) is 9.40. The third-order valence-electron chi connectivity index (χ3n) is 7.30. The second-order valence-corrected chi connectivity index (χ2v) is 21.4. The summed E-state index contributed by atoms with van der Waals surface area (Å²) >= 11 is 0. The fourth-order valence-corrected chi connectivity index (χ4v) is 4.89. The Labute approximate surface area is 192 Å². The second kappa shape index (κ2) is 10.4. The molecule has 0 spiro atoms. The average molecular weight is 471 g/mol. The maximum absolute atomic E-state index is 12.3. The van der Waals surface area contributed by atoms with E-state index in [0.29, 0.717) is 25.2 Å². The summed E-state index contributed by atoms with van der Waals surface area (Å²) < 4.78 is 18.0. The first kappa shape index (κ1) is 28.1. The van der Waals surface area contributed by atoms with Crippen molar-refractivity contribution in [3.63, 3.8) is 0 Å². The van der Waals surface area contributed by atoms with Gasteiger partial charge in [0.1, 0.15) is 5.76 Å². The van der Waals surface area contributed by atoms with E-state index in [2.05, 4.69) is 73.8 Å². The standard InChI is InChI=1S/C24H46O5Si2/c1-23(2,3)30(8,9)28-16-18(17-29-31(10,11)24(4,5)6)15-19-13-12-14-20(25)21(19)22(26)27-7/h15,19,25H,12-14,16-17H2,1-11H3. The SMILES string of the molecule is COC(=O)C1=C(O)CCCC1C=C(CO[Si](C)(C)C(C)(C)C)CO[Si](C)(C)C(C)(C)C. The minimum atomic E-state index is -1.94. The van der Waals surface area contributed by atoms with E-state index in [1.54, 1.807) is 0 Å². The van der Waals surface area contributed by atoms with Gasteiger partial charge in [-0.1, -0.05) is 47.6 Å². The molecule has 0 heterocycles. The minimum absolute atomic E-state index is 0.110. The van der Waals surface area contributed by atoms with Gasteiger partial charge in [0, 0.05) is 12.3 Å². The lowest BCUT2D eigenvalue weighted by atomic mass is 9.85. The summed E-state index contributed by atoms with van der Waals surface area (Å²) in [6.45, 7) is 23.3. The number of aliphatic hydroxyl groups is 1. The fraction of sp³-hybridized carbons (Fsp3) is 0.792. The summed E-state index contributed by atoms with van der Waals surface area (Å²) in [5, 5.41) is 10.6. The normalized spacial score (nSPS) is 18.7. The van der Waals surface area contributed by atoms with E-state index in [1.165, 1.54) is 7.11 Å². The first-order valence-corrected chi connectivity index (χ1v) is 17.2. The number of hydrogen-bond donors (Lipinski definition) is 1. The van der Waals surface area contributed by atoms with Gasteiger partial charge >= 0.3 is 5.97 Å². The van der Waals surface area contributed by atoms with Crippen molar-refractivity contribution in [2.45, 2.75) is 97.1 Å². The molecule has 1 N–H and O–H groups in total. The van der Waals surface area contributed by atoms with Crippen LogP contribution in [0.2, 0.25) is 36.3 Å². The van der Waals surface area contributed by atoms with Crippen molar-refractivity contribution in [3.05, 3.63) is 23.0 Å². The van der Waals surface area contributed by atoms with Crippen LogP contribution >= 0.6 is 0 Å². The molecule has 5 nitrogen and oxygen atoms in total. The fourth-order valence-electron chi connectivity index (χ4n) is 2.93. The molecule has 1 aliphatic rings. The number of hydrogen-bond acceptors (Lipinski definition) is 5. The van der Waals surface area contributed by atoms with Crippen molar-refractivity contribution in [2.75, 3.05) is 20.3 Å². The molecule has 0 bridgehead atoms. The Morgan fingerprint density at radius 2 is 1.45 bits per heavy atom. The summed E-state index contributed by atoms with van der Waals surface area (Å²) in [7, 11) is -2.52. The number of allylic oxidation sites excluding steroid dienone is 2. The van der Waals surface area contributed by atoms with Crippen LogP contribution < -0.4 is 0 Å². The molecule has 0 aromatic carbocycles. The minimum Gasteiger partial charge on any atom is -0.512 e. The molecule has 1 aliphatic carbocycles. The van der Waals surface area contributed by atoms with E-state index in [0.717, 1.165) is 18.4 Å². The van der Waals surface area contributed by atoms with E-state index in [-0.39, 0.29) is 21.8 Å². The van der Waals surface area contributed by atoms with Crippen molar-refractivity contribution in [1.82, 2.24) is 0 Å². The summed E-state index contributed by atoms with van der Waals surface area (Å²) in [4.78, 5) is 12.3. The number of carbonyl (C=O) groups excluding carboxylic acids is 1. The summed E-state index contributed by atoms with van der Waals surface area (Å²) in [6.07, 6.45) is 4.25. The highest BCUT2D eigenvalue weighted by molar-refractivity contribution is 6.74. The van der Waals surface area contributed by atoms with E-state index in [9.17, 15) is 9.90 Å². The van der Waals surface area contributed by atoms with Crippen molar-refractivity contribution < 1.29 is 23.5 Å². The lowest BCUT2D eigenvalue weighted by molar-refractivity contribution is -0.137. The largest absolute Gasteiger partial charge is 0.512 e. The Morgan fingerprint density at radius 3 is 1.84 bits per heavy atom. The molecule has 0 radical (unpaired) electrons. The van der Waals surface area contributed by atoms with Crippen molar-refractivity contribution in [2.24, 2.45) is 5.92 Å². The first-order chi connectivity index (χ1) is 13.9. The molecule has 1 atom stereocenters. The maximum Gasteiger partial charge on any atom is 0.337 e. The van der Waals surface area contributed by atoms with Crippen molar-refractivity contribution >= 4 is 22.6 Å². The molecule has 0 saturated heterocycles. The van der Waals surface area contributed by atoms with Gasteiger partial charge in [0.2, 0.25) is 0 Å². The Hall–Kier alpha value is -0.896. The van der Waals surface area contributed by atoms with Crippen LogP contribution in [0, 0.1) is 5.92 Å². The van der Waals surface area contributed by atoms with Crippen molar-refractivity contribution in [1.29, 1.82) is 0 Å². The van der Waals surface area contributed by atoms with Gasteiger partial charge in [-0.2, -0.15) is 0 Å². The van der Waals surface area contributed by atoms with Gasteiger partial charge in [-0.15, -0.1) is 0 Å². The molecule has 0 saturated carbocycles. The number of aliphatic hydroxyl groups excluding tert-OH is 1. The highest BCUT2D eigenvalue weighted by Crippen LogP contribution is 2.39. The predicted octanol–water partition coefficient (Wildman–Crippen LogP) is 6.74.